The number of halogens is 1. The molecule has 0 radical (unpaired) electrons. The molecule has 0 heterocycles. The molecule has 5 nitrogen and oxygen atoms in total. The van der Waals surface area contributed by atoms with Gasteiger partial charge in [-0.15, -0.1) is 0 Å². The lowest BCUT2D eigenvalue weighted by Gasteiger charge is -2.08. The van der Waals surface area contributed by atoms with Crippen molar-refractivity contribution >= 4 is 34.5 Å². The van der Waals surface area contributed by atoms with E-state index in [0.29, 0.717) is 18.5 Å². The lowest BCUT2D eigenvalue weighted by atomic mass is 10.1. The minimum atomic E-state index is -0.495. The van der Waals surface area contributed by atoms with Gasteiger partial charge in [-0.1, -0.05) is 24.3 Å². The summed E-state index contributed by atoms with van der Waals surface area (Å²) in [6.07, 6.45) is 0.695. The second-order valence-electron chi connectivity index (χ2n) is 5.00. The number of benzene rings is 2. The van der Waals surface area contributed by atoms with Crippen LogP contribution in [0.25, 0.3) is 0 Å². The molecular weight excluding hydrogens is 421 g/mol. The zero-order valence-corrected chi connectivity index (χ0v) is 15.4. The molecule has 2 aromatic rings. The summed E-state index contributed by atoms with van der Waals surface area (Å²) >= 11 is 2.06. The summed E-state index contributed by atoms with van der Waals surface area (Å²) in [6.45, 7) is 0.192. The minimum absolute atomic E-state index is 0.285. The van der Waals surface area contributed by atoms with Crippen LogP contribution in [0.5, 0.6) is 5.75 Å². The Bertz CT molecular complexity index is 700. The van der Waals surface area contributed by atoms with Gasteiger partial charge in [-0.2, -0.15) is 0 Å². The van der Waals surface area contributed by atoms with Gasteiger partial charge >= 0.3 is 5.97 Å². The van der Waals surface area contributed by atoms with Crippen molar-refractivity contribution in [3.8, 4) is 5.75 Å². The normalized spacial score (nSPS) is 10.1. The Labute approximate surface area is 154 Å². The summed E-state index contributed by atoms with van der Waals surface area (Å²) in [5.41, 5.74) is 1.55. The van der Waals surface area contributed by atoms with Crippen molar-refractivity contribution < 1.29 is 19.1 Å². The van der Waals surface area contributed by atoms with Crippen molar-refractivity contribution in [3.63, 3.8) is 0 Å². The van der Waals surface area contributed by atoms with Crippen molar-refractivity contribution in [1.82, 2.24) is 5.32 Å². The van der Waals surface area contributed by atoms with Crippen molar-refractivity contribution in [3.05, 3.63) is 63.2 Å². The second-order valence-corrected chi connectivity index (χ2v) is 6.17. The van der Waals surface area contributed by atoms with Gasteiger partial charge in [0.1, 0.15) is 5.75 Å². The number of hydrogen-bond acceptors (Lipinski definition) is 4. The molecule has 0 aliphatic carbocycles. The van der Waals surface area contributed by atoms with Crippen LogP contribution < -0.4 is 10.1 Å². The topological polar surface area (TPSA) is 64.6 Å². The number of esters is 1. The third kappa shape index (κ3) is 5.52. The molecule has 2 aromatic carbocycles. The number of nitrogens with one attached hydrogen (secondary N) is 1. The van der Waals surface area contributed by atoms with Crippen LogP contribution in [0.3, 0.4) is 0 Å². The zero-order chi connectivity index (χ0) is 17.4. The van der Waals surface area contributed by atoms with E-state index >= 15 is 0 Å². The first-order chi connectivity index (χ1) is 11.6. The lowest BCUT2D eigenvalue weighted by Crippen LogP contribution is -2.30. The summed E-state index contributed by atoms with van der Waals surface area (Å²) in [6, 6.07) is 14.7. The van der Waals surface area contributed by atoms with Gasteiger partial charge in [-0.3, -0.25) is 4.79 Å². The number of carbonyl (C=O) groups is 2. The van der Waals surface area contributed by atoms with E-state index in [2.05, 4.69) is 27.9 Å². The maximum atomic E-state index is 11.9. The fraction of sp³-hybridized carbons (Fsp3) is 0.222. The summed E-state index contributed by atoms with van der Waals surface area (Å²) in [4.78, 5) is 23.7. The van der Waals surface area contributed by atoms with Gasteiger partial charge in [0.2, 0.25) is 0 Å². The van der Waals surface area contributed by atoms with E-state index in [1.807, 2.05) is 36.4 Å². The first-order valence-corrected chi connectivity index (χ1v) is 8.49. The smallest absolute Gasteiger partial charge is 0.339 e. The maximum Gasteiger partial charge on any atom is 0.339 e. The number of rotatable bonds is 7. The van der Waals surface area contributed by atoms with Crippen LogP contribution in [0.15, 0.2) is 48.5 Å². The van der Waals surface area contributed by atoms with E-state index in [4.69, 9.17) is 9.47 Å². The van der Waals surface area contributed by atoms with Crippen LogP contribution >= 0.6 is 22.6 Å². The number of methoxy groups -OCH3 is 1. The average Bonchev–Trinajstić information content (AvgIpc) is 2.60. The van der Waals surface area contributed by atoms with Crippen molar-refractivity contribution in [2.24, 2.45) is 0 Å². The Morgan fingerprint density at radius 2 is 1.79 bits per heavy atom. The number of amides is 1. The molecule has 0 aromatic heterocycles. The van der Waals surface area contributed by atoms with E-state index in [1.54, 1.807) is 19.2 Å². The van der Waals surface area contributed by atoms with Crippen molar-refractivity contribution in [2.75, 3.05) is 20.3 Å². The van der Waals surface area contributed by atoms with Gasteiger partial charge in [0.25, 0.3) is 5.91 Å². The van der Waals surface area contributed by atoms with Gasteiger partial charge in [-0.25, -0.2) is 4.79 Å². The zero-order valence-electron chi connectivity index (χ0n) is 13.3. The average molecular weight is 439 g/mol. The van der Waals surface area contributed by atoms with E-state index in [0.717, 1.165) is 14.9 Å². The van der Waals surface area contributed by atoms with Crippen LogP contribution in [-0.2, 0) is 16.0 Å². The molecule has 0 bridgehead atoms. The highest BCUT2D eigenvalue weighted by Crippen LogP contribution is 2.13. The molecule has 1 amide bonds. The van der Waals surface area contributed by atoms with Crippen LogP contribution in [0.4, 0.5) is 0 Å². The Morgan fingerprint density at radius 1 is 1.08 bits per heavy atom. The predicted molar refractivity (Wildman–Crippen MR) is 99.1 cm³/mol. The maximum absolute atomic E-state index is 11.9. The Hall–Kier alpha value is -2.09. The van der Waals surface area contributed by atoms with Crippen LogP contribution in [-0.4, -0.2) is 32.1 Å². The van der Waals surface area contributed by atoms with E-state index in [-0.39, 0.29) is 12.5 Å². The fourth-order valence-electron chi connectivity index (χ4n) is 2.03. The SMILES string of the molecule is COc1ccc(CCNC(=O)COC(=O)c2ccccc2I)cc1. The number of ether oxygens (including phenoxy) is 2. The molecule has 24 heavy (non-hydrogen) atoms. The Morgan fingerprint density at radius 3 is 2.46 bits per heavy atom. The predicted octanol–water partition coefficient (Wildman–Crippen LogP) is 2.82. The minimum Gasteiger partial charge on any atom is -0.497 e. The van der Waals surface area contributed by atoms with Gasteiger partial charge in [0, 0.05) is 10.1 Å². The summed E-state index contributed by atoms with van der Waals surface area (Å²) in [5, 5.41) is 2.73. The molecule has 0 atom stereocenters. The van der Waals surface area contributed by atoms with Crippen LogP contribution in [0.1, 0.15) is 15.9 Å². The first kappa shape index (κ1) is 18.3. The first-order valence-electron chi connectivity index (χ1n) is 7.41. The highest BCUT2D eigenvalue weighted by atomic mass is 127. The van der Waals surface area contributed by atoms with E-state index in [1.165, 1.54) is 0 Å². The molecule has 2 rings (SSSR count). The second kappa shape index (κ2) is 9.27. The summed E-state index contributed by atoms with van der Waals surface area (Å²) < 4.78 is 10.9. The molecule has 0 aliphatic heterocycles. The third-order valence-electron chi connectivity index (χ3n) is 3.32. The highest BCUT2D eigenvalue weighted by molar-refractivity contribution is 14.1. The number of carbonyl (C=O) groups excluding carboxylic acids is 2. The molecule has 0 spiro atoms. The van der Waals surface area contributed by atoms with Crippen molar-refractivity contribution in [2.45, 2.75) is 6.42 Å². The fourth-order valence-corrected chi connectivity index (χ4v) is 2.63. The highest BCUT2D eigenvalue weighted by Gasteiger charge is 2.12. The van der Waals surface area contributed by atoms with Gasteiger partial charge < -0.3 is 14.8 Å². The molecular formula is C18H18INO4. The van der Waals surface area contributed by atoms with Crippen LogP contribution in [0, 0.1) is 3.57 Å². The van der Waals surface area contributed by atoms with Gasteiger partial charge in [0.15, 0.2) is 6.61 Å². The van der Waals surface area contributed by atoms with Gasteiger partial charge in [0.05, 0.1) is 12.7 Å². The molecule has 0 saturated heterocycles. The molecule has 126 valence electrons. The standard InChI is InChI=1S/C18H18INO4/c1-23-14-8-6-13(7-9-14)10-11-20-17(21)12-24-18(22)15-4-2-3-5-16(15)19/h2-9H,10-12H2,1H3,(H,20,21). The quantitative estimate of drug-likeness (QED) is 0.533. The van der Waals surface area contributed by atoms with Gasteiger partial charge in [-0.05, 0) is 58.8 Å². The Kier molecular flexibility index (Phi) is 7.05. The molecule has 0 unspecified atom stereocenters. The largest absolute Gasteiger partial charge is 0.497 e. The van der Waals surface area contributed by atoms with E-state index < -0.39 is 5.97 Å². The van der Waals surface area contributed by atoms with E-state index in [9.17, 15) is 9.59 Å². The van der Waals surface area contributed by atoms with Crippen LogP contribution in [0.2, 0.25) is 0 Å². The molecule has 0 aliphatic rings. The molecule has 0 fully saturated rings. The molecule has 0 saturated carbocycles. The summed E-state index contributed by atoms with van der Waals surface area (Å²) in [7, 11) is 1.62. The lowest BCUT2D eigenvalue weighted by molar-refractivity contribution is -0.124. The number of hydrogen-bond donors (Lipinski definition) is 1. The molecule has 1 N–H and O–H groups in total. The summed E-state index contributed by atoms with van der Waals surface area (Å²) in [5.74, 6) is -0.0154. The molecule has 6 heteroatoms. The monoisotopic (exact) mass is 439 g/mol. The Balaban J connectivity index is 1.71. The third-order valence-corrected chi connectivity index (χ3v) is 4.26. The van der Waals surface area contributed by atoms with Crippen molar-refractivity contribution in [1.29, 1.82) is 0 Å².